The quantitative estimate of drug-likeness (QED) is 0.878. The highest BCUT2D eigenvalue weighted by molar-refractivity contribution is 5.78. The number of Topliss-reactive ketones (excluding diaryl/α,β-unsaturated/α-hetero) is 1. The van der Waals surface area contributed by atoms with Gasteiger partial charge in [0.15, 0.2) is 0 Å². The summed E-state index contributed by atoms with van der Waals surface area (Å²) in [5.41, 5.74) is 3.71. The number of likely N-dealkylation sites (tertiary alicyclic amines) is 1. The number of nitrogens with one attached hydrogen (secondary N) is 1. The Morgan fingerprint density at radius 3 is 2.64 bits per heavy atom. The molecule has 1 aromatic carbocycles. The van der Waals surface area contributed by atoms with E-state index in [0.29, 0.717) is 17.6 Å². The summed E-state index contributed by atoms with van der Waals surface area (Å²) >= 11 is 0. The van der Waals surface area contributed by atoms with E-state index in [1.807, 2.05) is 0 Å². The molecule has 134 valence electrons. The van der Waals surface area contributed by atoms with E-state index in [0.717, 1.165) is 32.5 Å². The van der Waals surface area contributed by atoms with Crippen LogP contribution in [-0.4, -0.2) is 30.3 Å². The Bertz CT molecular complexity index is 662. The van der Waals surface area contributed by atoms with E-state index in [9.17, 15) is 4.79 Å². The van der Waals surface area contributed by atoms with Gasteiger partial charge in [0.2, 0.25) is 0 Å². The van der Waals surface area contributed by atoms with E-state index in [1.165, 1.54) is 17.0 Å². The summed E-state index contributed by atoms with van der Waals surface area (Å²) in [6, 6.07) is 10.5. The van der Waals surface area contributed by atoms with Gasteiger partial charge in [-0.1, -0.05) is 56.3 Å². The molecule has 1 aromatic rings. The Morgan fingerprint density at radius 1 is 1.20 bits per heavy atom. The molecule has 25 heavy (non-hydrogen) atoms. The summed E-state index contributed by atoms with van der Waals surface area (Å²) in [7, 11) is 0. The fraction of sp³-hybridized carbons (Fsp3) is 0.500. The van der Waals surface area contributed by atoms with Gasteiger partial charge >= 0.3 is 0 Å². The van der Waals surface area contributed by atoms with Crippen LogP contribution in [0.4, 0.5) is 0 Å². The van der Waals surface area contributed by atoms with Gasteiger partial charge in [0, 0.05) is 36.9 Å². The average molecular weight is 338 g/mol. The molecule has 0 amide bonds. The summed E-state index contributed by atoms with van der Waals surface area (Å²) in [5, 5.41) is 3.64. The van der Waals surface area contributed by atoms with Gasteiger partial charge in [-0.15, -0.1) is 0 Å². The van der Waals surface area contributed by atoms with Crippen molar-refractivity contribution < 1.29 is 4.79 Å². The Morgan fingerprint density at radius 2 is 1.96 bits per heavy atom. The second-order valence-corrected chi connectivity index (χ2v) is 7.68. The van der Waals surface area contributed by atoms with E-state index in [-0.39, 0.29) is 5.92 Å². The first kappa shape index (κ1) is 17.9. The SMILES string of the molecule is CCC1C=C(CN2CC(C)C[C@@H](C(C)=O)C2)NC(c2ccccc2)=C1. The third kappa shape index (κ3) is 4.60. The Balaban J connectivity index is 1.71. The van der Waals surface area contributed by atoms with Crippen molar-refractivity contribution in [3.05, 3.63) is 53.7 Å². The second kappa shape index (κ2) is 8.01. The third-order valence-corrected chi connectivity index (χ3v) is 5.35. The zero-order valence-corrected chi connectivity index (χ0v) is 15.7. The molecular weight excluding hydrogens is 308 g/mol. The van der Waals surface area contributed by atoms with Crippen LogP contribution in [0, 0.1) is 17.8 Å². The topological polar surface area (TPSA) is 32.3 Å². The van der Waals surface area contributed by atoms with Crippen molar-refractivity contribution in [2.75, 3.05) is 19.6 Å². The number of nitrogens with zero attached hydrogens (tertiary/aromatic N) is 1. The van der Waals surface area contributed by atoms with E-state index < -0.39 is 0 Å². The minimum absolute atomic E-state index is 0.194. The molecule has 2 heterocycles. The van der Waals surface area contributed by atoms with Crippen LogP contribution >= 0.6 is 0 Å². The smallest absolute Gasteiger partial charge is 0.134 e. The van der Waals surface area contributed by atoms with Crippen LogP contribution < -0.4 is 5.32 Å². The van der Waals surface area contributed by atoms with Gasteiger partial charge in [-0.3, -0.25) is 9.69 Å². The molecule has 1 fully saturated rings. The fourth-order valence-electron chi connectivity index (χ4n) is 4.02. The monoisotopic (exact) mass is 338 g/mol. The molecule has 0 aliphatic carbocycles. The molecular formula is C22H30N2O. The van der Waals surface area contributed by atoms with Crippen molar-refractivity contribution in [1.29, 1.82) is 0 Å². The zero-order valence-electron chi connectivity index (χ0n) is 15.7. The second-order valence-electron chi connectivity index (χ2n) is 7.68. The molecule has 3 atom stereocenters. The number of carbonyl (C=O) groups excluding carboxylic acids is 1. The molecule has 3 heteroatoms. The molecule has 0 radical (unpaired) electrons. The summed E-state index contributed by atoms with van der Waals surface area (Å²) in [6.07, 6.45) is 6.82. The molecule has 0 spiro atoms. The first-order valence-corrected chi connectivity index (χ1v) is 9.53. The van der Waals surface area contributed by atoms with E-state index in [4.69, 9.17) is 0 Å². The highest BCUT2D eigenvalue weighted by Crippen LogP contribution is 2.26. The third-order valence-electron chi connectivity index (χ3n) is 5.35. The Labute approximate surface area is 151 Å². The molecule has 0 saturated carbocycles. The van der Waals surface area contributed by atoms with Gasteiger partial charge in [0.25, 0.3) is 0 Å². The number of benzene rings is 1. The van der Waals surface area contributed by atoms with Crippen LogP contribution in [0.25, 0.3) is 5.70 Å². The van der Waals surface area contributed by atoms with E-state index in [2.05, 4.69) is 66.5 Å². The molecule has 3 rings (SSSR count). The minimum atomic E-state index is 0.194. The lowest BCUT2D eigenvalue weighted by atomic mass is 9.88. The summed E-state index contributed by atoms with van der Waals surface area (Å²) in [5.74, 6) is 1.58. The van der Waals surface area contributed by atoms with Gasteiger partial charge < -0.3 is 5.32 Å². The number of allylic oxidation sites excluding steroid dienone is 2. The predicted octanol–water partition coefficient (Wildman–Crippen LogP) is 4.09. The van der Waals surface area contributed by atoms with Crippen molar-refractivity contribution >= 4 is 11.5 Å². The average Bonchev–Trinajstić information content (AvgIpc) is 2.61. The number of hydrogen-bond acceptors (Lipinski definition) is 3. The Hall–Kier alpha value is -1.87. The standard InChI is InChI=1S/C22H30N2O/c1-4-18-11-21(23-22(12-18)19-8-6-5-7-9-19)15-24-13-16(2)10-20(14-24)17(3)25/h5-9,11-12,16,18,20,23H,4,10,13-15H2,1-3H3/t16?,18?,20-/m1/s1. The zero-order chi connectivity index (χ0) is 17.8. The first-order chi connectivity index (χ1) is 12.0. The molecule has 3 nitrogen and oxygen atoms in total. The lowest BCUT2D eigenvalue weighted by molar-refractivity contribution is -0.122. The van der Waals surface area contributed by atoms with Gasteiger partial charge in [-0.2, -0.15) is 0 Å². The minimum Gasteiger partial charge on any atom is -0.358 e. The maximum atomic E-state index is 11.9. The molecule has 2 aliphatic rings. The Kier molecular flexibility index (Phi) is 5.74. The van der Waals surface area contributed by atoms with E-state index in [1.54, 1.807) is 6.92 Å². The summed E-state index contributed by atoms with van der Waals surface area (Å²) in [6.45, 7) is 9.09. The van der Waals surface area contributed by atoms with Gasteiger partial charge in [-0.25, -0.2) is 0 Å². The van der Waals surface area contributed by atoms with Crippen LogP contribution in [0.15, 0.2) is 48.2 Å². The molecule has 2 unspecified atom stereocenters. The normalized spacial score (nSPS) is 27.2. The number of hydrogen-bond donors (Lipinski definition) is 1. The van der Waals surface area contributed by atoms with Crippen LogP contribution in [-0.2, 0) is 4.79 Å². The lowest BCUT2D eigenvalue weighted by Crippen LogP contribution is -2.44. The van der Waals surface area contributed by atoms with Crippen LogP contribution in [0.5, 0.6) is 0 Å². The van der Waals surface area contributed by atoms with E-state index >= 15 is 0 Å². The lowest BCUT2D eigenvalue weighted by Gasteiger charge is -2.36. The predicted molar refractivity (Wildman–Crippen MR) is 104 cm³/mol. The molecule has 0 bridgehead atoms. The maximum Gasteiger partial charge on any atom is 0.134 e. The summed E-state index contributed by atoms with van der Waals surface area (Å²) in [4.78, 5) is 14.3. The van der Waals surface area contributed by atoms with Crippen LogP contribution in [0.3, 0.4) is 0 Å². The summed E-state index contributed by atoms with van der Waals surface area (Å²) < 4.78 is 0. The highest BCUT2D eigenvalue weighted by atomic mass is 16.1. The van der Waals surface area contributed by atoms with Crippen molar-refractivity contribution in [3.63, 3.8) is 0 Å². The van der Waals surface area contributed by atoms with Crippen LogP contribution in [0.1, 0.15) is 39.2 Å². The first-order valence-electron chi connectivity index (χ1n) is 9.53. The number of dihydropyridines is 1. The number of ketones is 1. The van der Waals surface area contributed by atoms with Crippen LogP contribution in [0.2, 0.25) is 0 Å². The van der Waals surface area contributed by atoms with Gasteiger partial charge in [0.1, 0.15) is 5.78 Å². The van der Waals surface area contributed by atoms with Crippen molar-refractivity contribution in [2.45, 2.75) is 33.6 Å². The van der Waals surface area contributed by atoms with Crippen molar-refractivity contribution in [2.24, 2.45) is 17.8 Å². The largest absolute Gasteiger partial charge is 0.358 e. The molecule has 0 aromatic heterocycles. The van der Waals surface area contributed by atoms with Gasteiger partial charge in [0.05, 0.1) is 0 Å². The fourth-order valence-corrected chi connectivity index (χ4v) is 4.02. The van der Waals surface area contributed by atoms with Crippen molar-refractivity contribution in [3.8, 4) is 0 Å². The molecule has 2 aliphatic heterocycles. The maximum absolute atomic E-state index is 11.9. The number of carbonyl (C=O) groups is 1. The number of rotatable bonds is 5. The van der Waals surface area contributed by atoms with Crippen molar-refractivity contribution in [1.82, 2.24) is 10.2 Å². The highest BCUT2D eigenvalue weighted by Gasteiger charge is 2.28. The molecule has 1 N–H and O–H groups in total. The number of piperidine rings is 1. The molecule has 1 saturated heterocycles. The van der Waals surface area contributed by atoms with Gasteiger partial charge in [-0.05, 0) is 37.2 Å².